The van der Waals surface area contributed by atoms with Crippen molar-refractivity contribution in [2.24, 2.45) is 5.92 Å². The molecule has 0 aromatic carbocycles. The Morgan fingerprint density at radius 2 is 2.33 bits per heavy atom. The number of rotatable bonds is 4. The van der Waals surface area contributed by atoms with Crippen LogP contribution >= 0.6 is 0 Å². The molecule has 0 radical (unpaired) electrons. The number of nitrogens with zero attached hydrogens (tertiary/aromatic N) is 3. The van der Waals surface area contributed by atoms with Gasteiger partial charge < -0.3 is 20.7 Å². The number of carbonyl (C=O) groups excluding carboxylic acids is 1. The van der Waals surface area contributed by atoms with Gasteiger partial charge in [0.15, 0.2) is 16.9 Å². The van der Waals surface area contributed by atoms with Crippen LogP contribution in [0.2, 0.25) is 0 Å². The topological polar surface area (TPSA) is 156 Å². The zero-order valence-electron chi connectivity index (χ0n) is 13.3. The van der Waals surface area contributed by atoms with Crippen molar-refractivity contribution < 1.29 is 19.7 Å². The largest absolute Gasteiger partial charge is 0.394 e. The van der Waals surface area contributed by atoms with Crippen LogP contribution in [0, 0.1) is 5.92 Å². The first kappa shape index (κ1) is 16.6. The van der Waals surface area contributed by atoms with Gasteiger partial charge in [0.1, 0.15) is 12.4 Å². The van der Waals surface area contributed by atoms with Crippen molar-refractivity contribution >= 4 is 22.9 Å². The Bertz CT molecular complexity index is 844. The van der Waals surface area contributed by atoms with E-state index in [4.69, 9.17) is 10.5 Å². The van der Waals surface area contributed by atoms with Crippen molar-refractivity contribution in [2.75, 3.05) is 12.3 Å². The van der Waals surface area contributed by atoms with Gasteiger partial charge in [-0.25, -0.2) is 4.98 Å². The van der Waals surface area contributed by atoms with E-state index in [0.717, 1.165) is 0 Å². The molecule has 0 bridgehead atoms. The molecule has 0 saturated carbocycles. The normalized spacial score (nSPS) is 27.2. The van der Waals surface area contributed by atoms with Crippen molar-refractivity contribution in [2.45, 2.75) is 38.2 Å². The number of nitrogens with one attached hydrogen (secondary N) is 1. The summed E-state index contributed by atoms with van der Waals surface area (Å²) in [5.41, 5.74) is 3.52. The number of nitrogens with two attached hydrogens (primary N) is 1. The van der Waals surface area contributed by atoms with Crippen LogP contribution in [-0.2, 0) is 15.3 Å². The van der Waals surface area contributed by atoms with E-state index in [1.807, 2.05) is 0 Å². The second-order valence-electron chi connectivity index (χ2n) is 6.15. The zero-order chi connectivity index (χ0) is 17.6. The van der Waals surface area contributed by atoms with Gasteiger partial charge in [-0.15, -0.1) is 0 Å². The number of hydrogen-bond donors (Lipinski definition) is 4. The summed E-state index contributed by atoms with van der Waals surface area (Å²) in [6, 6.07) is 0. The maximum absolute atomic E-state index is 12.9. The maximum atomic E-state index is 12.9. The molecular formula is C14H19N5O5. The molecule has 24 heavy (non-hydrogen) atoms. The van der Waals surface area contributed by atoms with E-state index in [-0.39, 0.29) is 29.3 Å². The highest BCUT2D eigenvalue weighted by Crippen LogP contribution is 2.39. The lowest BCUT2D eigenvalue weighted by Crippen LogP contribution is -2.44. The van der Waals surface area contributed by atoms with Crippen molar-refractivity contribution in [3.8, 4) is 0 Å². The third kappa shape index (κ3) is 2.30. The highest BCUT2D eigenvalue weighted by atomic mass is 16.6. The smallest absolute Gasteiger partial charge is 0.280 e. The number of hydrogen-bond acceptors (Lipinski definition) is 8. The van der Waals surface area contributed by atoms with Gasteiger partial charge in [-0.05, 0) is 0 Å². The molecule has 0 aliphatic carbocycles. The molecule has 0 amide bonds. The number of aliphatic hydroxyl groups excluding tert-OH is 2. The summed E-state index contributed by atoms with van der Waals surface area (Å²) in [5, 5.41) is 19.5. The van der Waals surface area contributed by atoms with E-state index in [2.05, 4.69) is 15.0 Å². The molecule has 5 N–H and O–H groups in total. The predicted octanol–water partition coefficient (Wildman–Crippen LogP) is -1.28. The Kier molecular flexibility index (Phi) is 3.90. The number of aliphatic hydroxyl groups is 2. The molecule has 1 saturated heterocycles. The molecular weight excluding hydrogens is 318 g/mol. The summed E-state index contributed by atoms with van der Waals surface area (Å²) < 4.78 is 7.06. The Labute approximate surface area is 136 Å². The Hall–Kier alpha value is -2.30. The van der Waals surface area contributed by atoms with E-state index >= 15 is 0 Å². The van der Waals surface area contributed by atoms with Gasteiger partial charge in [0.2, 0.25) is 11.7 Å². The quantitative estimate of drug-likeness (QED) is 0.537. The molecule has 10 heteroatoms. The fourth-order valence-electron chi connectivity index (χ4n) is 3.03. The number of carbonyl (C=O) groups is 1. The number of imidazole rings is 1. The van der Waals surface area contributed by atoms with Gasteiger partial charge >= 0.3 is 0 Å². The lowest BCUT2D eigenvalue weighted by molar-refractivity contribution is -0.163. The van der Waals surface area contributed by atoms with Gasteiger partial charge in [0.05, 0.1) is 12.7 Å². The highest BCUT2D eigenvalue weighted by Gasteiger charge is 2.53. The van der Waals surface area contributed by atoms with Crippen LogP contribution < -0.4 is 11.3 Å². The number of anilines is 1. The van der Waals surface area contributed by atoms with Crippen LogP contribution in [0.5, 0.6) is 0 Å². The molecule has 10 nitrogen and oxygen atoms in total. The standard InChI is InChI=1S/C14H19N5O5/c1-6(2)10(22)14(3-7(21)8(4-20)24-14)19-5-16-9-11(19)17-13(15)18-12(9)23/h5-8,20-21H,3-4H2,1-2H3,(H3,15,17,18,23)/t7-,8+,14-/m0/s1. The Balaban J connectivity index is 2.25. The summed E-state index contributed by atoms with van der Waals surface area (Å²) >= 11 is 0. The number of Topliss-reactive ketones (excluding diaryl/α,β-unsaturated/α-hetero) is 1. The molecule has 0 spiro atoms. The SMILES string of the molecule is CC(C)C(=O)[C@]1(n2cnc3c(=O)[nH]c(N)nc32)C[C@H](O)[C@@H](CO)O1. The number of H-pyrrole nitrogens is 1. The van der Waals surface area contributed by atoms with E-state index in [1.54, 1.807) is 13.8 Å². The predicted molar refractivity (Wildman–Crippen MR) is 83.0 cm³/mol. The van der Waals surface area contributed by atoms with Crippen LogP contribution in [-0.4, -0.2) is 54.3 Å². The number of ketones is 1. The second kappa shape index (κ2) is 5.65. The first-order valence-corrected chi connectivity index (χ1v) is 7.54. The lowest BCUT2D eigenvalue weighted by Gasteiger charge is -2.30. The minimum Gasteiger partial charge on any atom is -0.394 e. The summed E-state index contributed by atoms with van der Waals surface area (Å²) in [4.78, 5) is 35.2. The Morgan fingerprint density at radius 3 is 2.92 bits per heavy atom. The molecule has 1 aliphatic heterocycles. The average Bonchev–Trinajstić information content (AvgIpc) is 3.08. The minimum atomic E-state index is -1.61. The van der Waals surface area contributed by atoms with Crippen LogP contribution in [0.3, 0.4) is 0 Å². The number of nitrogen functional groups attached to an aromatic ring is 1. The molecule has 1 fully saturated rings. The van der Waals surface area contributed by atoms with E-state index in [9.17, 15) is 19.8 Å². The maximum Gasteiger partial charge on any atom is 0.280 e. The Morgan fingerprint density at radius 1 is 1.62 bits per heavy atom. The first-order valence-electron chi connectivity index (χ1n) is 7.54. The molecule has 2 aromatic rings. The van der Waals surface area contributed by atoms with Crippen LogP contribution in [0.1, 0.15) is 20.3 Å². The molecule has 1 aliphatic rings. The molecule has 2 aromatic heterocycles. The van der Waals surface area contributed by atoms with Crippen molar-refractivity contribution in [3.63, 3.8) is 0 Å². The van der Waals surface area contributed by atoms with Crippen molar-refractivity contribution in [1.82, 2.24) is 19.5 Å². The average molecular weight is 337 g/mol. The van der Waals surface area contributed by atoms with E-state index in [1.165, 1.54) is 10.9 Å². The lowest BCUT2D eigenvalue weighted by atomic mass is 9.94. The van der Waals surface area contributed by atoms with E-state index in [0.29, 0.717) is 0 Å². The number of ether oxygens (including phenoxy) is 1. The number of aromatic nitrogens is 4. The molecule has 3 heterocycles. The second-order valence-corrected chi connectivity index (χ2v) is 6.15. The fraction of sp³-hybridized carbons (Fsp3) is 0.571. The van der Waals surface area contributed by atoms with Crippen molar-refractivity contribution in [3.05, 3.63) is 16.7 Å². The van der Waals surface area contributed by atoms with Crippen LogP contribution in [0.15, 0.2) is 11.1 Å². The third-order valence-electron chi connectivity index (χ3n) is 4.17. The molecule has 0 unspecified atom stereocenters. The minimum absolute atomic E-state index is 0.00525. The van der Waals surface area contributed by atoms with Gasteiger partial charge in [0, 0.05) is 12.3 Å². The summed E-state index contributed by atoms with van der Waals surface area (Å²) in [6.45, 7) is 2.94. The fourth-order valence-corrected chi connectivity index (χ4v) is 3.03. The molecule has 130 valence electrons. The molecule has 3 rings (SSSR count). The van der Waals surface area contributed by atoms with Crippen LogP contribution in [0.25, 0.3) is 11.2 Å². The summed E-state index contributed by atoms with van der Waals surface area (Å²) in [6.07, 6.45) is -0.798. The summed E-state index contributed by atoms with van der Waals surface area (Å²) in [7, 11) is 0. The van der Waals surface area contributed by atoms with Gasteiger partial charge in [-0.2, -0.15) is 4.98 Å². The van der Waals surface area contributed by atoms with E-state index < -0.39 is 36.0 Å². The number of fused-ring (bicyclic) bond motifs is 1. The molecule has 3 atom stereocenters. The van der Waals surface area contributed by atoms with Gasteiger partial charge in [-0.3, -0.25) is 19.1 Å². The third-order valence-corrected chi connectivity index (χ3v) is 4.17. The van der Waals surface area contributed by atoms with Crippen molar-refractivity contribution in [1.29, 1.82) is 0 Å². The van der Waals surface area contributed by atoms with Gasteiger partial charge in [-0.1, -0.05) is 13.8 Å². The summed E-state index contributed by atoms with van der Waals surface area (Å²) in [5.74, 6) is -0.873. The highest BCUT2D eigenvalue weighted by molar-refractivity contribution is 5.89. The first-order chi connectivity index (χ1) is 11.3. The van der Waals surface area contributed by atoms with Crippen LogP contribution in [0.4, 0.5) is 5.95 Å². The van der Waals surface area contributed by atoms with Gasteiger partial charge in [0.25, 0.3) is 5.56 Å². The number of aromatic amines is 1. The monoisotopic (exact) mass is 337 g/mol. The zero-order valence-corrected chi connectivity index (χ0v) is 13.3.